The number of fused-ring (bicyclic) bond motifs is 1. The van der Waals surface area contributed by atoms with Gasteiger partial charge in [-0.3, -0.25) is 4.79 Å². The molecule has 1 aliphatic heterocycles. The molecule has 1 heterocycles. The number of carbonyl (C=O) groups excluding carboxylic acids is 1. The summed E-state index contributed by atoms with van der Waals surface area (Å²) in [6.07, 6.45) is 0. The zero-order valence-corrected chi connectivity index (χ0v) is 7.37. The molecule has 5 heteroatoms. The van der Waals surface area contributed by atoms with Crippen molar-refractivity contribution >= 4 is 23.0 Å². The van der Waals surface area contributed by atoms with Crippen molar-refractivity contribution in [1.82, 2.24) is 5.73 Å². The molecule has 0 fully saturated rings. The lowest BCUT2D eigenvalue weighted by atomic mass is 10.1. The fraction of sp³-hybridized carbons (Fsp3) is 0.222. The number of amides is 1. The molecule has 5 nitrogen and oxygen atoms in total. The van der Waals surface area contributed by atoms with E-state index in [4.69, 9.17) is 10.8 Å². The number of aliphatic hydroxyl groups excluding tert-OH is 1. The third-order valence-electron chi connectivity index (χ3n) is 2.11. The monoisotopic (exact) mass is 192 g/mol. The highest BCUT2D eigenvalue weighted by molar-refractivity contribution is 6.03. The second kappa shape index (κ2) is 3.19. The second-order valence-corrected chi connectivity index (χ2v) is 3.13. The fourth-order valence-corrected chi connectivity index (χ4v) is 1.37. The third-order valence-corrected chi connectivity index (χ3v) is 2.11. The molecule has 0 saturated heterocycles. The maximum Gasteiger partial charge on any atom is 0.249 e. The number of hydrogen-bond donors (Lipinski definition) is 3. The van der Waals surface area contributed by atoms with Crippen LogP contribution in [0, 0.1) is 0 Å². The molecule has 1 aromatic carbocycles. The number of rotatable bonds is 1. The van der Waals surface area contributed by atoms with Crippen LogP contribution in [0.1, 0.15) is 0 Å². The first-order valence-electron chi connectivity index (χ1n) is 4.24. The standard InChI is InChI=1S/C9H10N3O2/c10-5-1-2-6-7(3-5)11-8(4-13)9(14)12-6/h1-3,8,10-11,13H,4H2,(H,12,14). The number of aliphatic hydroxyl groups is 1. The predicted octanol–water partition coefficient (Wildman–Crippen LogP) is 0.326. The lowest BCUT2D eigenvalue weighted by Crippen LogP contribution is -2.41. The minimum absolute atomic E-state index is 0.252. The Kier molecular flexibility index (Phi) is 2.01. The second-order valence-electron chi connectivity index (χ2n) is 3.13. The summed E-state index contributed by atoms with van der Waals surface area (Å²) in [4.78, 5) is 11.3. The molecule has 73 valence electrons. The summed E-state index contributed by atoms with van der Waals surface area (Å²) in [7, 11) is 0. The van der Waals surface area contributed by atoms with Crippen molar-refractivity contribution < 1.29 is 9.90 Å². The number of anilines is 2. The highest BCUT2D eigenvalue weighted by Crippen LogP contribution is 2.28. The van der Waals surface area contributed by atoms with Gasteiger partial charge in [-0.15, -0.1) is 0 Å². The van der Waals surface area contributed by atoms with Crippen LogP contribution in [0.5, 0.6) is 0 Å². The molecule has 4 N–H and O–H groups in total. The molecule has 0 spiro atoms. The molecule has 2 rings (SSSR count). The van der Waals surface area contributed by atoms with Crippen molar-refractivity contribution in [2.24, 2.45) is 0 Å². The predicted molar refractivity (Wildman–Crippen MR) is 52.3 cm³/mol. The zero-order chi connectivity index (χ0) is 10.1. The van der Waals surface area contributed by atoms with E-state index in [9.17, 15) is 4.79 Å². The van der Waals surface area contributed by atoms with E-state index in [1.54, 1.807) is 18.2 Å². The van der Waals surface area contributed by atoms with Crippen LogP contribution in [-0.2, 0) is 4.79 Å². The largest absolute Gasteiger partial charge is 0.394 e. The molecule has 0 bridgehead atoms. The fourth-order valence-electron chi connectivity index (χ4n) is 1.37. The van der Waals surface area contributed by atoms with Crippen molar-refractivity contribution in [2.75, 3.05) is 17.2 Å². The van der Waals surface area contributed by atoms with Crippen LogP contribution < -0.4 is 16.4 Å². The molecular formula is C9H10N3O2. The summed E-state index contributed by atoms with van der Waals surface area (Å²) in [6, 6.07) is 4.25. The first kappa shape index (κ1) is 8.83. The van der Waals surface area contributed by atoms with Gasteiger partial charge in [-0.2, -0.15) is 0 Å². The summed E-state index contributed by atoms with van der Waals surface area (Å²) in [5.74, 6) is -0.252. The van der Waals surface area contributed by atoms with Crippen molar-refractivity contribution in [1.29, 1.82) is 0 Å². The van der Waals surface area contributed by atoms with Gasteiger partial charge in [0.15, 0.2) is 0 Å². The topological polar surface area (TPSA) is 85.2 Å². The summed E-state index contributed by atoms with van der Waals surface area (Å²) in [6.45, 7) is -0.256. The van der Waals surface area contributed by atoms with Crippen molar-refractivity contribution in [3.8, 4) is 0 Å². The number of nitrogens with one attached hydrogen (secondary N) is 3. The summed E-state index contributed by atoms with van der Waals surface area (Å²) in [5.41, 5.74) is 9.08. The molecule has 0 aromatic heterocycles. The van der Waals surface area contributed by atoms with E-state index < -0.39 is 6.04 Å². The Morgan fingerprint density at radius 3 is 2.93 bits per heavy atom. The summed E-state index contributed by atoms with van der Waals surface area (Å²) in [5, 5.41) is 14.4. The maximum absolute atomic E-state index is 11.3. The molecule has 0 saturated carbocycles. The molecule has 1 amide bonds. The lowest BCUT2D eigenvalue weighted by Gasteiger charge is -2.25. The quantitative estimate of drug-likeness (QED) is 0.599. The Morgan fingerprint density at radius 2 is 2.21 bits per heavy atom. The smallest absolute Gasteiger partial charge is 0.249 e. The van der Waals surface area contributed by atoms with Crippen LogP contribution in [0.4, 0.5) is 17.1 Å². The van der Waals surface area contributed by atoms with E-state index in [2.05, 4.69) is 10.6 Å². The minimum atomic E-state index is -0.621. The molecule has 1 unspecified atom stereocenters. The highest BCUT2D eigenvalue weighted by Gasteiger charge is 2.24. The Balaban J connectivity index is 2.36. The van der Waals surface area contributed by atoms with Crippen LogP contribution in [0.15, 0.2) is 18.2 Å². The Labute approximate surface area is 80.9 Å². The molecule has 1 aliphatic rings. The van der Waals surface area contributed by atoms with E-state index in [0.717, 1.165) is 0 Å². The van der Waals surface area contributed by atoms with Gasteiger partial charge in [-0.25, -0.2) is 0 Å². The Bertz CT molecular complexity index is 378. The number of benzene rings is 1. The van der Waals surface area contributed by atoms with Crippen LogP contribution in [-0.4, -0.2) is 23.7 Å². The van der Waals surface area contributed by atoms with Crippen LogP contribution in [0.3, 0.4) is 0 Å². The molecular weight excluding hydrogens is 182 g/mol. The van der Waals surface area contributed by atoms with E-state index in [-0.39, 0.29) is 12.5 Å². The molecule has 1 radical (unpaired) electrons. The average Bonchev–Trinajstić information content (AvgIpc) is 2.17. The van der Waals surface area contributed by atoms with E-state index in [1.165, 1.54) is 0 Å². The highest BCUT2D eigenvalue weighted by atomic mass is 16.3. The van der Waals surface area contributed by atoms with Crippen LogP contribution >= 0.6 is 0 Å². The van der Waals surface area contributed by atoms with Gasteiger partial charge >= 0.3 is 0 Å². The minimum Gasteiger partial charge on any atom is -0.394 e. The normalized spacial score (nSPS) is 19.5. The molecule has 1 aromatic rings. The molecule has 0 aliphatic carbocycles. The van der Waals surface area contributed by atoms with Gasteiger partial charge in [-0.1, -0.05) is 0 Å². The summed E-state index contributed by atoms with van der Waals surface area (Å²) >= 11 is 0. The van der Waals surface area contributed by atoms with Gasteiger partial charge in [0.2, 0.25) is 5.91 Å². The van der Waals surface area contributed by atoms with Crippen molar-refractivity contribution in [3.63, 3.8) is 0 Å². The molecule has 1 atom stereocenters. The van der Waals surface area contributed by atoms with Gasteiger partial charge in [0.1, 0.15) is 6.04 Å². The third kappa shape index (κ3) is 1.38. The van der Waals surface area contributed by atoms with Gasteiger partial charge in [-0.05, 0) is 18.2 Å². The Morgan fingerprint density at radius 1 is 1.43 bits per heavy atom. The van der Waals surface area contributed by atoms with E-state index in [1.807, 2.05) is 0 Å². The summed E-state index contributed by atoms with van der Waals surface area (Å²) < 4.78 is 0. The maximum atomic E-state index is 11.3. The van der Waals surface area contributed by atoms with Gasteiger partial charge in [0.25, 0.3) is 0 Å². The van der Waals surface area contributed by atoms with Crippen molar-refractivity contribution in [3.05, 3.63) is 18.2 Å². The van der Waals surface area contributed by atoms with Crippen LogP contribution in [0.2, 0.25) is 0 Å². The first-order chi connectivity index (χ1) is 6.70. The SMILES string of the molecule is [NH]c1ccc2c(c1)NC(CO)C(=O)N2. The molecule has 14 heavy (non-hydrogen) atoms. The zero-order valence-electron chi connectivity index (χ0n) is 7.37. The van der Waals surface area contributed by atoms with E-state index >= 15 is 0 Å². The van der Waals surface area contributed by atoms with Gasteiger partial charge in [0.05, 0.1) is 23.7 Å². The number of carbonyl (C=O) groups is 1. The Hall–Kier alpha value is -1.75. The van der Waals surface area contributed by atoms with Gasteiger partial charge in [0, 0.05) is 0 Å². The van der Waals surface area contributed by atoms with Gasteiger partial charge < -0.3 is 21.5 Å². The van der Waals surface area contributed by atoms with Crippen LogP contribution in [0.25, 0.3) is 0 Å². The first-order valence-corrected chi connectivity index (χ1v) is 4.24. The number of hydrogen-bond acceptors (Lipinski definition) is 3. The lowest BCUT2D eigenvalue weighted by molar-refractivity contribution is -0.117. The average molecular weight is 192 g/mol. The van der Waals surface area contributed by atoms with Crippen molar-refractivity contribution in [2.45, 2.75) is 6.04 Å². The van der Waals surface area contributed by atoms with E-state index in [0.29, 0.717) is 17.1 Å².